The minimum atomic E-state index is -0.205. The normalized spacial score (nSPS) is 28.4. The monoisotopic (exact) mass is 215 g/mol. The molecule has 1 spiro atoms. The van der Waals surface area contributed by atoms with Crippen LogP contribution in [-0.4, -0.2) is 49.3 Å². The molecule has 2 aliphatic heterocycles. The van der Waals surface area contributed by atoms with Gasteiger partial charge in [0.2, 0.25) is 0 Å². The zero-order valence-electron chi connectivity index (χ0n) is 9.42. The molecule has 2 rings (SSSR count). The van der Waals surface area contributed by atoms with E-state index in [-0.39, 0.29) is 6.67 Å². The number of likely N-dealkylation sites (tertiary alicyclic amines) is 1. The van der Waals surface area contributed by atoms with Gasteiger partial charge in [-0.3, -0.25) is 5.84 Å². The van der Waals surface area contributed by atoms with Crippen molar-refractivity contribution >= 4 is 0 Å². The predicted molar refractivity (Wildman–Crippen MR) is 59.1 cm³/mol. The Kier molecular flexibility index (Phi) is 3.59. The Morgan fingerprint density at radius 3 is 2.07 bits per heavy atom. The lowest BCUT2D eigenvalue weighted by Gasteiger charge is -2.45. The summed E-state index contributed by atoms with van der Waals surface area (Å²) >= 11 is 0. The molecule has 2 heterocycles. The molecule has 88 valence electrons. The Balaban J connectivity index is 1.81. The molecular weight excluding hydrogens is 193 g/mol. The van der Waals surface area contributed by atoms with E-state index in [1.807, 2.05) is 5.01 Å². The van der Waals surface area contributed by atoms with Gasteiger partial charge < -0.3 is 4.90 Å². The minimum absolute atomic E-state index is 0.205. The second-order valence-electron chi connectivity index (χ2n) is 5.07. The number of hydrogen-bond donors (Lipinski definition) is 1. The van der Waals surface area contributed by atoms with Crippen molar-refractivity contribution in [2.45, 2.75) is 25.7 Å². The molecule has 0 saturated carbocycles. The van der Waals surface area contributed by atoms with Gasteiger partial charge in [0.05, 0.1) is 0 Å². The molecule has 0 aliphatic carbocycles. The van der Waals surface area contributed by atoms with Crippen LogP contribution in [0.2, 0.25) is 0 Å². The van der Waals surface area contributed by atoms with E-state index in [9.17, 15) is 4.39 Å². The fraction of sp³-hybridized carbons (Fsp3) is 1.00. The summed E-state index contributed by atoms with van der Waals surface area (Å²) in [6.07, 6.45) is 4.93. The van der Waals surface area contributed by atoms with Crippen molar-refractivity contribution in [2.75, 3.05) is 39.4 Å². The van der Waals surface area contributed by atoms with Gasteiger partial charge in [-0.25, -0.2) is 9.40 Å². The first-order valence-electron chi connectivity index (χ1n) is 6.02. The number of nitrogens with two attached hydrogens (primary N) is 1. The van der Waals surface area contributed by atoms with E-state index >= 15 is 0 Å². The number of halogens is 1. The van der Waals surface area contributed by atoms with Crippen LogP contribution in [0.25, 0.3) is 0 Å². The van der Waals surface area contributed by atoms with Crippen LogP contribution in [0.1, 0.15) is 25.7 Å². The van der Waals surface area contributed by atoms with Crippen LogP contribution < -0.4 is 5.84 Å². The SMILES string of the molecule is NN1CCC2(CC1)CCN(CCF)CC2. The van der Waals surface area contributed by atoms with E-state index in [2.05, 4.69) is 4.90 Å². The van der Waals surface area contributed by atoms with Crippen LogP contribution in [0.4, 0.5) is 4.39 Å². The van der Waals surface area contributed by atoms with Gasteiger partial charge in [-0.2, -0.15) is 0 Å². The summed E-state index contributed by atoms with van der Waals surface area (Å²) in [5, 5.41) is 1.93. The summed E-state index contributed by atoms with van der Waals surface area (Å²) in [4.78, 5) is 2.25. The standard InChI is InChI=1S/C11H22FN3/c12-5-10-14-6-1-11(2-7-14)3-8-15(13)9-4-11/h1-10,13H2. The first-order valence-corrected chi connectivity index (χ1v) is 6.02. The highest BCUT2D eigenvalue weighted by Crippen LogP contribution is 2.40. The third-order valence-electron chi connectivity index (χ3n) is 4.18. The van der Waals surface area contributed by atoms with E-state index in [0.717, 1.165) is 26.2 Å². The van der Waals surface area contributed by atoms with Gasteiger partial charge in [-0.05, 0) is 44.2 Å². The van der Waals surface area contributed by atoms with Crippen LogP contribution in [0, 0.1) is 5.41 Å². The quantitative estimate of drug-likeness (QED) is 0.698. The maximum Gasteiger partial charge on any atom is 0.102 e. The molecule has 0 aromatic heterocycles. The van der Waals surface area contributed by atoms with Crippen molar-refractivity contribution in [3.63, 3.8) is 0 Å². The first kappa shape index (κ1) is 11.3. The number of alkyl halides is 1. The molecule has 2 saturated heterocycles. The summed E-state index contributed by atoms with van der Waals surface area (Å²) in [6.45, 7) is 4.64. The molecule has 2 fully saturated rings. The van der Waals surface area contributed by atoms with Crippen molar-refractivity contribution in [1.29, 1.82) is 0 Å². The fourth-order valence-corrected chi connectivity index (χ4v) is 2.87. The van der Waals surface area contributed by atoms with Crippen molar-refractivity contribution in [3.05, 3.63) is 0 Å². The molecule has 0 amide bonds. The summed E-state index contributed by atoms with van der Waals surface area (Å²) in [5.41, 5.74) is 0.530. The summed E-state index contributed by atoms with van der Waals surface area (Å²) in [5.74, 6) is 5.77. The zero-order chi connectivity index (χ0) is 10.7. The summed E-state index contributed by atoms with van der Waals surface area (Å²) in [7, 11) is 0. The van der Waals surface area contributed by atoms with E-state index in [4.69, 9.17) is 5.84 Å². The summed E-state index contributed by atoms with van der Waals surface area (Å²) in [6, 6.07) is 0. The molecule has 3 nitrogen and oxygen atoms in total. The van der Waals surface area contributed by atoms with Gasteiger partial charge in [0.15, 0.2) is 0 Å². The third kappa shape index (κ3) is 2.68. The lowest BCUT2D eigenvalue weighted by molar-refractivity contribution is 0.0332. The first-order chi connectivity index (χ1) is 7.24. The smallest absolute Gasteiger partial charge is 0.102 e. The van der Waals surface area contributed by atoms with Crippen LogP contribution in [-0.2, 0) is 0 Å². The molecule has 0 bridgehead atoms. The molecule has 2 aliphatic rings. The molecule has 15 heavy (non-hydrogen) atoms. The topological polar surface area (TPSA) is 32.5 Å². The van der Waals surface area contributed by atoms with Crippen LogP contribution in [0.15, 0.2) is 0 Å². The summed E-state index contributed by atoms with van der Waals surface area (Å²) < 4.78 is 12.2. The highest BCUT2D eigenvalue weighted by Gasteiger charge is 2.36. The van der Waals surface area contributed by atoms with Crippen molar-refractivity contribution in [3.8, 4) is 0 Å². The average molecular weight is 215 g/mol. The molecule has 0 radical (unpaired) electrons. The number of piperidine rings is 2. The van der Waals surface area contributed by atoms with Crippen LogP contribution in [0.5, 0.6) is 0 Å². The average Bonchev–Trinajstić information content (AvgIpc) is 2.27. The van der Waals surface area contributed by atoms with Gasteiger partial charge in [0.25, 0.3) is 0 Å². The molecule has 0 aromatic rings. The molecule has 0 atom stereocenters. The minimum Gasteiger partial charge on any atom is -0.301 e. The highest BCUT2D eigenvalue weighted by molar-refractivity contribution is 4.89. The van der Waals surface area contributed by atoms with Crippen molar-refractivity contribution in [2.24, 2.45) is 11.3 Å². The Hall–Kier alpha value is -0.190. The Bertz CT molecular complexity index is 192. The predicted octanol–water partition coefficient (Wildman–Crippen LogP) is 1.01. The maximum atomic E-state index is 12.2. The molecular formula is C11H22FN3. The van der Waals surface area contributed by atoms with Crippen LogP contribution in [0.3, 0.4) is 0 Å². The third-order valence-corrected chi connectivity index (χ3v) is 4.18. The highest BCUT2D eigenvalue weighted by atomic mass is 19.1. The second-order valence-corrected chi connectivity index (χ2v) is 5.07. The van der Waals surface area contributed by atoms with Gasteiger partial charge in [-0.1, -0.05) is 0 Å². The van der Waals surface area contributed by atoms with E-state index in [1.165, 1.54) is 25.7 Å². The number of hydrazine groups is 1. The second kappa shape index (κ2) is 4.76. The number of hydrogen-bond acceptors (Lipinski definition) is 3. The van der Waals surface area contributed by atoms with Crippen LogP contribution >= 0.6 is 0 Å². The zero-order valence-corrected chi connectivity index (χ0v) is 9.42. The van der Waals surface area contributed by atoms with E-state index < -0.39 is 0 Å². The molecule has 0 unspecified atom stereocenters. The van der Waals surface area contributed by atoms with Gasteiger partial charge in [-0.15, -0.1) is 0 Å². The lowest BCUT2D eigenvalue weighted by Crippen LogP contribution is -2.48. The number of nitrogens with zero attached hydrogens (tertiary/aromatic N) is 2. The van der Waals surface area contributed by atoms with Gasteiger partial charge in [0.1, 0.15) is 6.67 Å². The van der Waals surface area contributed by atoms with Gasteiger partial charge in [0, 0.05) is 19.6 Å². The number of rotatable bonds is 2. The Morgan fingerprint density at radius 1 is 1.00 bits per heavy atom. The fourth-order valence-electron chi connectivity index (χ4n) is 2.87. The van der Waals surface area contributed by atoms with Gasteiger partial charge >= 0.3 is 0 Å². The lowest BCUT2D eigenvalue weighted by atomic mass is 9.71. The van der Waals surface area contributed by atoms with Crippen molar-refractivity contribution < 1.29 is 4.39 Å². The Labute approximate surface area is 91.4 Å². The molecule has 0 aromatic carbocycles. The Morgan fingerprint density at radius 2 is 1.53 bits per heavy atom. The maximum absolute atomic E-state index is 12.2. The molecule has 2 N–H and O–H groups in total. The van der Waals surface area contributed by atoms with Crippen molar-refractivity contribution in [1.82, 2.24) is 9.91 Å². The van der Waals surface area contributed by atoms with E-state index in [1.54, 1.807) is 0 Å². The molecule has 4 heteroatoms. The largest absolute Gasteiger partial charge is 0.301 e. The van der Waals surface area contributed by atoms with E-state index in [0.29, 0.717) is 12.0 Å².